The summed E-state index contributed by atoms with van der Waals surface area (Å²) in [6.07, 6.45) is 3.39. The van der Waals surface area contributed by atoms with Crippen molar-refractivity contribution in [3.05, 3.63) is 78.5 Å². The van der Waals surface area contributed by atoms with Crippen LogP contribution in [0.1, 0.15) is 12.8 Å². The van der Waals surface area contributed by atoms with E-state index in [1.54, 1.807) is 36.3 Å². The number of aromatic nitrogens is 1. The molecule has 1 aliphatic heterocycles. The summed E-state index contributed by atoms with van der Waals surface area (Å²) in [7, 11) is 1.73. The van der Waals surface area contributed by atoms with E-state index in [0.717, 1.165) is 31.7 Å². The number of rotatable bonds is 4. The molecule has 0 atom stereocenters. The molecule has 1 aromatic heterocycles. The van der Waals surface area contributed by atoms with Crippen LogP contribution in [0.4, 0.5) is 25.1 Å². The first-order valence-corrected chi connectivity index (χ1v) is 10.3. The van der Waals surface area contributed by atoms with E-state index in [9.17, 15) is 13.6 Å². The molecule has 1 aliphatic rings. The number of urea groups is 1. The molecule has 3 aromatic rings. The minimum Gasteiger partial charge on any atom is -0.356 e. The summed E-state index contributed by atoms with van der Waals surface area (Å²) in [6.45, 7) is 1.60. The van der Waals surface area contributed by atoms with Gasteiger partial charge in [-0.1, -0.05) is 24.3 Å². The van der Waals surface area contributed by atoms with E-state index in [2.05, 4.69) is 15.2 Å². The zero-order chi connectivity index (χ0) is 21.8. The third-order valence-electron chi connectivity index (χ3n) is 5.67. The lowest BCUT2D eigenvalue weighted by Gasteiger charge is -2.37. The van der Waals surface area contributed by atoms with E-state index in [1.165, 1.54) is 24.3 Å². The first kappa shape index (κ1) is 20.8. The lowest BCUT2D eigenvalue weighted by atomic mass is 10.0. The van der Waals surface area contributed by atoms with Gasteiger partial charge in [0.25, 0.3) is 0 Å². The van der Waals surface area contributed by atoms with E-state index >= 15 is 0 Å². The van der Waals surface area contributed by atoms with Gasteiger partial charge >= 0.3 is 6.03 Å². The Balaban J connectivity index is 1.37. The van der Waals surface area contributed by atoms with Crippen LogP contribution in [0, 0.1) is 11.6 Å². The summed E-state index contributed by atoms with van der Waals surface area (Å²) in [4.78, 5) is 20.9. The maximum Gasteiger partial charge on any atom is 0.321 e. The first-order chi connectivity index (χ1) is 15.0. The van der Waals surface area contributed by atoms with Gasteiger partial charge in [0.2, 0.25) is 0 Å². The van der Waals surface area contributed by atoms with Gasteiger partial charge in [0, 0.05) is 32.4 Å². The SMILES string of the molecule is CN(C(=O)Nc1ccc(-c2cccc(F)c2)cc1F)C1CCN(c2ccccn2)CC1. The highest BCUT2D eigenvalue weighted by molar-refractivity contribution is 5.90. The highest BCUT2D eigenvalue weighted by atomic mass is 19.1. The summed E-state index contributed by atoms with van der Waals surface area (Å²) in [6, 6.07) is 16.0. The van der Waals surface area contributed by atoms with Crippen molar-refractivity contribution in [1.82, 2.24) is 9.88 Å². The Kier molecular flexibility index (Phi) is 6.11. The second-order valence-electron chi connectivity index (χ2n) is 7.65. The number of piperidine rings is 1. The number of pyridine rings is 1. The van der Waals surface area contributed by atoms with Crippen LogP contribution in [0.15, 0.2) is 66.9 Å². The van der Waals surface area contributed by atoms with Crippen LogP contribution >= 0.6 is 0 Å². The van der Waals surface area contributed by atoms with Gasteiger partial charge in [-0.2, -0.15) is 0 Å². The molecule has 2 aromatic carbocycles. The minimum atomic E-state index is -0.562. The smallest absolute Gasteiger partial charge is 0.321 e. The standard InChI is InChI=1S/C24H24F2N4O/c1-29(20-10-13-30(14-11-20)23-7-2-3-12-27-23)24(31)28-22-9-8-18(16-21(22)26)17-5-4-6-19(25)15-17/h2-9,12,15-16,20H,10-11,13-14H2,1H3,(H,28,31). The summed E-state index contributed by atoms with van der Waals surface area (Å²) in [5.74, 6) is -0.00648. The Bertz CT molecular complexity index is 1050. The molecule has 1 saturated heterocycles. The van der Waals surface area contributed by atoms with Crippen molar-refractivity contribution in [2.75, 3.05) is 30.4 Å². The molecular formula is C24H24F2N4O. The quantitative estimate of drug-likeness (QED) is 0.632. The zero-order valence-electron chi connectivity index (χ0n) is 17.3. The summed E-state index contributed by atoms with van der Waals surface area (Å²) in [5, 5.41) is 2.65. The molecule has 0 unspecified atom stereocenters. The van der Waals surface area contributed by atoms with Crippen LogP contribution in [0.5, 0.6) is 0 Å². The fourth-order valence-electron chi connectivity index (χ4n) is 3.86. The molecule has 0 radical (unpaired) electrons. The van der Waals surface area contributed by atoms with Gasteiger partial charge in [-0.3, -0.25) is 0 Å². The summed E-state index contributed by atoms with van der Waals surface area (Å²) in [5.41, 5.74) is 1.22. The predicted molar refractivity (Wildman–Crippen MR) is 118 cm³/mol. The molecule has 5 nitrogen and oxygen atoms in total. The number of nitrogens with one attached hydrogen (secondary N) is 1. The molecule has 7 heteroatoms. The topological polar surface area (TPSA) is 48.5 Å². The van der Waals surface area contributed by atoms with Crippen LogP contribution in [0.25, 0.3) is 11.1 Å². The van der Waals surface area contributed by atoms with Crippen molar-refractivity contribution < 1.29 is 13.6 Å². The van der Waals surface area contributed by atoms with Gasteiger partial charge in [0.1, 0.15) is 17.5 Å². The number of nitrogens with zero attached hydrogens (tertiary/aromatic N) is 3. The van der Waals surface area contributed by atoms with Crippen LogP contribution < -0.4 is 10.2 Å². The molecule has 2 amide bonds. The van der Waals surface area contributed by atoms with Crippen LogP contribution in [-0.4, -0.2) is 42.1 Å². The third-order valence-corrected chi connectivity index (χ3v) is 5.67. The van der Waals surface area contributed by atoms with E-state index in [4.69, 9.17) is 0 Å². The molecular weight excluding hydrogens is 398 g/mol. The third kappa shape index (κ3) is 4.82. The van der Waals surface area contributed by atoms with Gasteiger partial charge < -0.3 is 15.1 Å². The summed E-state index contributed by atoms with van der Waals surface area (Å²) >= 11 is 0. The average Bonchev–Trinajstić information content (AvgIpc) is 2.80. The van der Waals surface area contributed by atoms with Crippen molar-refractivity contribution in [2.45, 2.75) is 18.9 Å². The zero-order valence-corrected chi connectivity index (χ0v) is 17.3. The number of benzene rings is 2. The normalized spacial score (nSPS) is 14.4. The number of halogens is 2. The van der Waals surface area contributed by atoms with E-state index < -0.39 is 5.82 Å². The number of anilines is 2. The van der Waals surface area contributed by atoms with Gasteiger partial charge in [0.15, 0.2) is 0 Å². The van der Waals surface area contributed by atoms with Gasteiger partial charge in [0.05, 0.1) is 5.69 Å². The van der Waals surface area contributed by atoms with Crippen LogP contribution in [0.2, 0.25) is 0 Å². The van der Waals surface area contributed by atoms with Crippen molar-refractivity contribution >= 4 is 17.5 Å². The monoisotopic (exact) mass is 422 g/mol. The second kappa shape index (κ2) is 9.12. The molecule has 160 valence electrons. The van der Waals surface area contributed by atoms with Crippen molar-refractivity contribution in [3.8, 4) is 11.1 Å². The molecule has 0 bridgehead atoms. The number of hydrogen-bond donors (Lipinski definition) is 1. The number of amides is 2. The van der Waals surface area contributed by atoms with Gasteiger partial charge in [-0.15, -0.1) is 0 Å². The Hall–Kier alpha value is -3.48. The number of hydrogen-bond acceptors (Lipinski definition) is 3. The molecule has 2 heterocycles. The maximum absolute atomic E-state index is 14.6. The summed E-state index contributed by atoms with van der Waals surface area (Å²) < 4.78 is 28.0. The largest absolute Gasteiger partial charge is 0.356 e. The Morgan fingerprint density at radius 2 is 1.81 bits per heavy atom. The minimum absolute atomic E-state index is 0.0644. The predicted octanol–water partition coefficient (Wildman–Crippen LogP) is 5.16. The Labute approximate surface area is 180 Å². The molecule has 31 heavy (non-hydrogen) atoms. The lowest BCUT2D eigenvalue weighted by molar-refractivity contribution is 0.193. The van der Waals surface area contributed by atoms with Crippen LogP contribution in [0.3, 0.4) is 0 Å². The molecule has 0 spiro atoms. The average molecular weight is 422 g/mol. The van der Waals surface area contributed by atoms with Crippen molar-refractivity contribution in [3.63, 3.8) is 0 Å². The number of carbonyl (C=O) groups excluding carboxylic acids is 1. The lowest BCUT2D eigenvalue weighted by Crippen LogP contribution is -2.47. The van der Waals surface area contributed by atoms with Crippen molar-refractivity contribution in [2.24, 2.45) is 0 Å². The Morgan fingerprint density at radius 3 is 2.48 bits per heavy atom. The van der Waals surface area contributed by atoms with Gasteiger partial charge in [-0.05, 0) is 60.4 Å². The maximum atomic E-state index is 14.6. The van der Waals surface area contributed by atoms with E-state index in [0.29, 0.717) is 11.1 Å². The van der Waals surface area contributed by atoms with E-state index in [1.807, 2.05) is 18.2 Å². The number of carbonyl (C=O) groups is 1. The van der Waals surface area contributed by atoms with Crippen LogP contribution in [-0.2, 0) is 0 Å². The first-order valence-electron chi connectivity index (χ1n) is 10.3. The van der Waals surface area contributed by atoms with E-state index in [-0.39, 0.29) is 23.6 Å². The molecule has 0 aliphatic carbocycles. The highest BCUT2D eigenvalue weighted by Crippen LogP contribution is 2.26. The van der Waals surface area contributed by atoms with Crippen molar-refractivity contribution in [1.29, 1.82) is 0 Å². The highest BCUT2D eigenvalue weighted by Gasteiger charge is 2.26. The molecule has 4 rings (SSSR count). The fraction of sp³-hybridized carbons (Fsp3) is 0.250. The molecule has 1 fully saturated rings. The second-order valence-corrected chi connectivity index (χ2v) is 7.65. The Morgan fingerprint density at radius 1 is 1.03 bits per heavy atom. The fourth-order valence-corrected chi connectivity index (χ4v) is 3.86. The van der Waals surface area contributed by atoms with Gasteiger partial charge in [-0.25, -0.2) is 18.6 Å². The molecule has 1 N–H and O–H groups in total. The molecule has 0 saturated carbocycles.